The van der Waals surface area contributed by atoms with E-state index in [1.165, 1.54) is 0 Å². The first-order chi connectivity index (χ1) is 8.30. The van der Waals surface area contributed by atoms with E-state index < -0.39 is 5.60 Å². The van der Waals surface area contributed by atoms with Gasteiger partial charge in [-0.1, -0.05) is 0 Å². The lowest BCUT2D eigenvalue weighted by Gasteiger charge is -2.37. The van der Waals surface area contributed by atoms with Crippen LogP contribution in [0.3, 0.4) is 0 Å². The highest BCUT2D eigenvalue weighted by atomic mass is 35.5. The van der Waals surface area contributed by atoms with Crippen LogP contribution in [0.1, 0.15) is 40.0 Å². The van der Waals surface area contributed by atoms with Crippen LogP contribution in [-0.2, 0) is 4.74 Å². The molecule has 0 aromatic heterocycles. The molecule has 6 heteroatoms. The zero-order chi connectivity index (χ0) is 13.4. The van der Waals surface area contributed by atoms with Crippen molar-refractivity contribution in [3.05, 3.63) is 0 Å². The van der Waals surface area contributed by atoms with Crippen LogP contribution >= 0.6 is 12.4 Å². The summed E-state index contributed by atoms with van der Waals surface area (Å²) in [5.41, 5.74) is -0.555. The van der Waals surface area contributed by atoms with Gasteiger partial charge in [-0.05, 0) is 46.6 Å². The van der Waals surface area contributed by atoms with Crippen LogP contribution in [0.2, 0.25) is 0 Å². The maximum atomic E-state index is 12.0. The molecule has 1 amide bonds. The summed E-state index contributed by atoms with van der Waals surface area (Å²) in [5, 5.41) is 13.2. The lowest BCUT2D eigenvalue weighted by molar-refractivity contribution is 0.0251. The predicted molar refractivity (Wildman–Crippen MR) is 75.6 cm³/mol. The summed E-state index contributed by atoms with van der Waals surface area (Å²) in [7, 11) is 0. The largest absolute Gasteiger partial charge is 0.444 e. The average molecular weight is 293 g/mol. The Hall–Kier alpha value is -0.520. The van der Waals surface area contributed by atoms with Crippen LogP contribution in [0.5, 0.6) is 0 Å². The summed E-state index contributed by atoms with van der Waals surface area (Å²) in [5.74, 6) is 0. The molecule has 19 heavy (non-hydrogen) atoms. The molecule has 0 bridgehead atoms. The number of aliphatic hydroxyl groups is 1. The molecule has 2 fully saturated rings. The normalized spacial score (nSPS) is 31.2. The summed E-state index contributed by atoms with van der Waals surface area (Å²) in [6.45, 7) is 7.79. The van der Waals surface area contributed by atoms with Gasteiger partial charge in [-0.3, -0.25) is 0 Å². The SMILES string of the molecule is CC(C)(C)OC(=O)N1CCC2(CC(O)CCN2)C1.Cl. The van der Waals surface area contributed by atoms with Gasteiger partial charge < -0.3 is 20.1 Å². The van der Waals surface area contributed by atoms with Gasteiger partial charge in [0.1, 0.15) is 5.60 Å². The van der Waals surface area contributed by atoms with Crippen LogP contribution in [0, 0.1) is 0 Å². The highest BCUT2D eigenvalue weighted by Crippen LogP contribution is 2.30. The van der Waals surface area contributed by atoms with Crippen molar-refractivity contribution in [2.45, 2.75) is 57.3 Å². The Morgan fingerprint density at radius 2 is 2.16 bits per heavy atom. The maximum absolute atomic E-state index is 12.0. The number of ether oxygens (including phenoxy) is 1. The minimum absolute atomic E-state index is 0. The van der Waals surface area contributed by atoms with Crippen molar-refractivity contribution in [1.29, 1.82) is 0 Å². The highest BCUT2D eigenvalue weighted by Gasteiger charge is 2.43. The van der Waals surface area contributed by atoms with Gasteiger partial charge in [0.05, 0.1) is 6.10 Å². The molecule has 112 valence electrons. The van der Waals surface area contributed by atoms with Gasteiger partial charge >= 0.3 is 6.09 Å². The molecule has 2 atom stereocenters. The van der Waals surface area contributed by atoms with Crippen molar-refractivity contribution < 1.29 is 14.6 Å². The number of rotatable bonds is 0. The van der Waals surface area contributed by atoms with Crippen molar-refractivity contribution in [1.82, 2.24) is 10.2 Å². The quantitative estimate of drug-likeness (QED) is 0.711. The molecule has 2 rings (SSSR count). The van der Waals surface area contributed by atoms with Crippen molar-refractivity contribution >= 4 is 18.5 Å². The fraction of sp³-hybridized carbons (Fsp3) is 0.923. The summed E-state index contributed by atoms with van der Waals surface area (Å²) >= 11 is 0. The van der Waals surface area contributed by atoms with E-state index in [1.54, 1.807) is 4.90 Å². The smallest absolute Gasteiger partial charge is 0.410 e. The van der Waals surface area contributed by atoms with E-state index in [-0.39, 0.29) is 30.1 Å². The van der Waals surface area contributed by atoms with Gasteiger partial charge in [-0.15, -0.1) is 12.4 Å². The van der Waals surface area contributed by atoms with E-state index in [4.69, 9.17) is 4.74 Å². The molecule has 0 saturated carbocycles. The number of carbonyl (C=O) groups excluding carboxylic acids is 1. The third-order valence-electron chi connectivity index (χ3n) is 3.61. The van der Waals surface area contributed by atoms with Gasteiger partial charge in [-0.25, -0.2) is 4.79 Å². The summed E-state index contributed by atoms with van der Waals surface area (Å²) in [6, 6.07) is 0. The Bertz CT molecular complexity index is 332. The topological polar surface area (TPSA) is 61.8 Å². The number of piperidine rings is 1. The van der Waals surface area contributed by atoms with Crippen LogP contribution in [0.15, 0.2) is 0 Å². The minimum Gasteiger partial charge on any atom is -0.444 e. The van der Waals surface area contributed by atoms with Crippen LogP contribution < -0.4 is 5.32 Å². The summed E-state index contributed by atoms with van der Waals surface area (Å²) < 4.78 is 5.38. The molecule has 0 aromatic rings. The summed E-state index contributed by atoms with van der Waals surface area (Å²) in [6.07, 6.45) is 1.93. The molecule has 0 aromatic carbocycles. The monoisotopic (exact) mass is 292 g/mol. The fourth-order valence-electron chi connectivity index (χ4n) is 2.79. The summed E-state index contributed by atoms with van der Waals surface area (Å²) in [4.78, 5) is 13.7. The van der Waals surface area contributed by atoms with Gasteiger partial charge in [-0.2, -0.15) is 0 Å². The Balaban J connectivity index is 0.00000180. The first-order valence-electron chi connectivity index (χ1n) is 6.71. The highest BCUT2D eigenvalue weighted by molar-refractivity contribution is 5.85. The van der Waals surface area contributed by atoms with Gasteiger partial charge in [0.25, 0.3) is 0 Å². The fourth-order valence-corrected chi connectivity index (χ4v) is 2.79. The Morgan fingerprint density at radius 1 is 1.47 bits per heavy atom. The van der Waals surface area contributed by atoms with E-state index in [2.05, 4.69) is 5.32 Å². The first-order valence-corrected chi connectivity index (χ1v) is 6.71. The maximum Gasteiger partial charge on any atom is 0.410 e. The number of carbonyl (C=O) groups is 1. The van der Waals surface area contributed by atoms with Gasteiger partial charge in [0, 0.05) is 18.6 Å². The van der Waals surface area contributed by atoms with Crippen molar-refractivity contribution in [2.75, 3.05) is 19.6 Å². The molecule has 2 saturated heterocycles. The standard InChI is InChI=1S/C13H24N2O3.ClH/c1-12(2,3)18-11(17)15-7-5-13(9-15)8-10(16)4-6-14-13;/h10,14,16H,4-9H2,1-3H3;1H. The van der Waals surface area contributed by atoms with E-state index in [0.29, 0.717) is 13.1 Å². The number of hydrogen-bond acceptors (Lipinski definition) is 4. The third kappa shape index (κ3) is 4.23. The average Bonchev–Trinajstić information content (AvgIpc) is 2.59. The molecular weight excluding hydrogens is 268 g/mol. The van der Waals surface area contributed by atoms with Crippen molar-refractivity contribution in [3.8, 4) is 0 Å². The number of hydrogen-bond donors (Lipinski definition) is 2. The molecule has 2 aliphatic rings. The van der Waals surface area contributed by atoms with E-state index >= 15 is 0 Å². The first kappa shape index (κ1) is 16.5. The third-order valence-corrected chi connectivity index (χ3v) is 3.61. The van der Waals surface area contributed by atoms with E-state index in [9.17, 15) is 9.90 Å². The molecule has 2 unspecified atom stereocenters. The Morgan fingerprint density at radius 3 is 2.74 bits per heavy atom. The molecule has 5 nitrogen and oxygen atoms in total. The molecule has 1 spiro atoms. The van der Waals surface area contributed by atoms with Crippen LogP contribution in [0.25, 0.3) is 0 Å². The number of halogens is 1. The number of aliphatic hydroxyl groups excluding tert-OH is 1. The number of amides is 1. The lowest BCUT2D eigenvalue weighted by Crippen LogP contribution is -2.54. The van der Waals surface area contributed by atoms with Crippen LogP contribution in [-0.4, -0.2) is 53.0 Å². The minimum atomic E-state index is -0.452. The Labute approximate surface area is 121 Å². The molecule has 0 aliphatic carbocycles. The second-order valence-electron chi connectivity index (χ2n) is 6.51. The van der Waals surface area contributed by atoms with Gasteiger partial charge in [0.2, 0.25) is 0 Å². The zero-order valence-corrected chi connectivity index (χ0v) is 12.8. The number of likely N-dealkylation sites (tertiary alicyclic amines) is 1. The molecule has 2 heterocycles. The zero-order valence-electron chi connectivity index (χ0n) is 11.9. The lowest BCUT2D eigenvalue weighted by atomic mass is 9.86. The second-order valence-corrected chi connectivity index (χ2v) is 6.51. The number of nitrogens with zero attached hydrogens (tertiary/aromatic N) is 1. The molecule has 2 N–H and O–H groups in total. The van der Waals surface area contributed by atoms with E-state index in [1.807, 2.05) is 20.8 Å². The predicted octanol–water partition coefficient (Wildman–Crippen LogP) is 1.53. The molecule has 0 radical (unpaired) electrons. The number of nitrogens with one attached hydrogen (secondary N) is 1. The Kier molecular flexibility index (Phi) is 5.09. The van der Waals surface area contributed by atoms with Crippen molar-refractivity contribution in [3.63, 3.8) is 0 Å². The van der Waals surface area contributed by atoms with Crippen LogP contribution in [0.4, 0.5) is 4.79 Å². The van der Waals surface area contributed by atoms with E-state index in [0.717, 1.165) is 25.8 Å². The van der Waals surface area contributed by atoms with Gasteiger partial charge in [0.15, 0.2) is 0 Å². The molecule has 2 aliphatic heterocycles. The molecular formula is C13H25ClN2O3. The second kappa shape index (κ2) is 5.85. The van der Waals surface area contributed by atoms with Crippen molar-refractivity contribution in [2.24, 2.45) is 0 Å².